The number of ether oxygens (including phenoxy) is 1. The summed E-state index contributed by atoms with van der Waals surface area (Å²) in [5, 5.41) is 6.39. The van der Waals surface area contributed by atoms with Gasteiger partial charge in [0.15, 0.2) is 0 Å². The van der Waals surface area contributed by atoms with Crippen molar-refractivity contribution in [3.63, 3.8) is 0 Å². The van der Waals surface area contributed by atoms with Gasteiger partial charge < -0.3 is 15.4 Å². The van der Waals surface area contributed by atoms with Crippen molar-refractivity contribution in [2.45, 2.75) is 46.7 Å². The van der Waals surface area contributed by atoms with Crippen LogP contribution < -0.4 is 10.6 Å². The van der Waals surface area contributed by atoms with Crippen molar-refractivity contribution in [2.75, 3.05) is 11.9 Å². The average molecular weight is 299 g/mol. The molecule has 0 fully saturated rings. The first-order valence-electron chi connectivity index (χ1n) is 6.57. The second-order valence-corrected chi connectivity index (χ2v) is 5.50. The van der Waals surface area contributed by atoms with Crippen molar-refractivity contribution in [3.05, 3.63) is 11.3 Å². The van der Waals surface area contributed by atoms with E-state index in [0.717, 1.165) is 11.5 Å². The van der Waals surface area contributed by atoms with Crippen LogP contribution in [0.1, 0.15) is 43.7 Å². The highest BCUT2D eigenvalue weighted by molar-refractivity contribution is 7.10. The largest absolute Gasteiger partial charge is 0.462 e. The SMILES string of the molecule is CCOC(=O)c1c(C)nsc1NC(C)C(=O)NC(C)C. The molecule has 1 aromatic heterocycles. The summed E-state index contributed by atoms with van der Waals surface area (Å²) in [6, 6.07) is -0.384. The summed E-state index contributed by atoms with van der Waals surface area (Å²) in [6.45, 7) is 9.32. The normalized spacial score (nSPS) is 12.1. The molecule has 0 aliphatic rings. The molecule has 1 unspecified atom stereocenters. The minimum atomic E-state index is -0.453. The van der Waals surface area contributed by atoms with E-state index in [1.165, 1.54) is 0 Å². The lowest BCUT2D eigenvalue weighted by Gasteiger charge is -2.16. The van der Waals surface area contributed by atoms with Gasteiger partial charge >= 0.3 is 5.97 Å². The molecule has 20 heavy (non-hydrogen) atoms. The Hall–Kier alpha value is -1.63. The molecule has 2 N–H and O–H groups in total. The summed E-state index contributed by atoms with van der Waals surface area (Å²) in [6.07, 6.45) is 0. The number of esters is 1. The summed E-state index contributed by atoms with van der Waals surface area (Å²) in [4.78, 5) is 23.7. The topological polar surface area (TPSA) is 80.3 Å². The van der Waals surface area contributed by atoms with Gasteiger partial charge in [-0.3, -0.25) is 4.79 Å². The molecule has 0 aromatic carbocycles. The van der Waals surface area contributed by atoms with E-state index < -0.39 is 12.0 Å². The summed E-state index contributed by atoms with van der Waals surface area (Å²) < 4.78 is 9.14. The second kappa shape index (κ2) is 7.23. The predicted octanol–water partition coefficient (Wildman–Crippen LogP) is 1.95. The van der Waals surface area contributed by atoms with Crippen LogP contribution in [-0.2, 0) is 9.53 Å². The van der Waals surface area contributed by atoms with Gasteiger partial charge in [-0.15, -0.1) is 0 Å². The van der Waals surface area contributed by atoms with Crippen LogP contribution in [0, 0.1) is 6.92 Å². The van der Waals surface area contributed by atoms with Gasteiger partial charge in [0.25, 0.3) is 0 Å². The highest BCUT2D eigenvalue weighted by atomic mass is 32.1. The van der Waals surface area contributed by atoms with E-state index in [-0.39, 0.29) is 11.9 Å². The Morgan fingerprint density at radius 1 is 1.35 bits per heavy atom. The monoisotopic (exact) mass is 299 g/mol. The fraction of sp³-hybridized carbons (Fsp3) is 0.615. The second-order valence-electron chi connectivity index (χ2n) is 4.72. The summed E-state index contributed by atoms with van der Waals surface area (Å²) >= 11 is 1.15. The molecular formula is C13H21N3O3S. The third kappa shape index (κ3) is 4.19. The Morgan fingerprint density at radius 2 is 2.00 bits per heavy atom. The maximum atomic E-state index is 11.9. The number of hydrogen-bond donors (Lipinski definition) is 2. The van der Waals surface area contributed by atoms with E-state index in [9.17, 15) is 9.59 Å². The summed E-state index contributed by atoms with van der Waals surface area (Å²) in [5.74, 6) is -0.543. The van der Waals surface area contributed by atoms with Crippen LogP contribution in [0.3, 0.4) is 0 Å². The Morgan fingerprint density at radius 3 is 2.55 bits per heavy atom. The number of carbonyl (C=O) groups is 2. The minimum absolute atomic E-state index is 0.0690. The van der Waals surface area contributed by atoms with Crippen LogP contribution in [0.5, 0.6) is 0 Å². The third-order valence-electron chi connectivity index (χ3n) is 2.51. The first-order valence-corrected chi connectivity index (χ1v) is 7.34. The molecule has 0 aliphatic heterocycles. The van der Waals surface area contributed by atoms with E-state index >= 15 is 0 Å². The van der Waals surface area contributed by atoms with E-state index in [4.69, 9.17) is 4.74 Å². The van der Waals surface area contributed by atoms with Gasteiger partial charge in [0.1, 0.15) is 16.6 Å². The van der Waals surface area contributed by atoms with Crippen molar-refractivity contribution < 1.29 is 14.3 Å². The molecule has 1 atom stereocenters. The van der Waals surface area contributed by atoms with E-state index in [1.807, 2.05) is 13.8 Å². The van der Waals surface area contributed by atoms with Gasteiger partial charge in [0.05, 0.1) is 12.3 Å². The van der Waals surface area contributed by atoms with Crippen molar-refractivity contribution in [1.82, 2.24) is 9.69 Å². The first-order chi connectivity index (χ1) is 9.36. The molecule has 0 saturated carbocycles. The number of nitrogens with one attached hydrogen (secondary N) is 2. The number of carbonyl (C=O) groups excluding carboxylic acids is 2. The van der Waals surface area contributed by atoms with E-state index in [0.29, 0.717) is 22.9 Å². The van der Waals surface area contributed by atoms with Crippen molar-refractivity contribution >= 4 is 28.4 Å². The quantitative estimate of drug-likeness (QED) is 0.785. The van der Waals surface area contributed by atoms with Gasteiger partial charge in [0.2, 0.25) is 5.91 Å². The third-order valence-corrected chi connectivity index (χ3v) is 3.38. The zero-order chi connectivity index (χ0) is 15.3. The number of anilines is 1. The van der Waals surface area contributed by atoms with Crippen LogP contribution in [-0.4, -0.2) is 34.9 Å². The van der Waals surface area contributed by atoms with Crippen LogP contribution in [0.15, 0.2) is 0 Å². The fourth-order valence-corrected chi connectivity index (χ4v) is 2.45. The molecule has 1 amide bonds. The molecule has 0 saturated heterocycles. The van der Waals surface area contributed by atoms with Crippen LogP contribution in [0.4, 0.5) is 5.00 Å². The lowest BCUT2D eigenvalue weighted by molar-refractivity contribution is -0.122. The zero-order valence-electron chi connectivity index (χ0n) is 12.4. The molecule has 0 radical (unpaired) electrons. The highest BCUT2D eigenvalue weighted by Gasteiger charge is 2.22. The molecule has 0 spiro atoms. The van der Waals surface area contributed by atoms with Crippen LogP contribution in [0.2, 0.25) is 0 Å². The Kier molecular flexibility index (Phi) is 5.94. The molecule has 0 aliphatic carbocycles. The molecule has 1 heterocycles. The first kappa shape index (κ1) is 16.4. The van der Waals surface area contributed by atoms with Crippen LogP contribution in [0.25, 0.3) is 0 Å². The molecule has 7 heteroatoms. The van der Waals surface area contributed by atoms with E-state index in [2.05, 4.69) is 15.0 Å². The number of aromatic nitrogens is 1. The van der Waals surface area contributed by atoms with Gasteiger partial charge in [0, 0.05) is 6.04 Å². The smallest absolute Gasteiger partial charge is 0.343 e. The lowest BCUT2D eigenvalue weighted by Crippen LogP contribution is -2.41. The number of hydrogen-bond acceptors (Lipinski definition) is 6. The molecule has 6 nitrogen and oxygen atoms in total. The molecule has 1 rings (SSSR count). The van der Waals surface area contributed by atoms with Crippen molar-refractivity contribution in [1.29, 1.82) is 0 Å². The van der Waals surface area contributed by atoms with Crippen molar-refractivity contribution in [3.8, 4) is 0 Å². The maximum Gasteiger partial charge on any atom is 0.343 e. The van der Waals surface area contributed by atoms with Gasteiger partial charge in [-0.25, -0.2) is 4.79 Å². The Balaban J connectivity index is 2.82. The van der Waals surface area contributed by atoms with Gasteiger partial charge in [-0.05, 0) is 46.2 Å². The highest BCUT2D eigenvalue weighted by Crippen LogP contribution is 2.26. The van der Waals surface area contributed by atoms with E-state index in [1.54, 1.807) is 20.8 Å². The van der Waals surface area contributed by atoms with Gasteiger partial charge in [-0.1, -0.05) is 0 Å². The molecule has 1 aromatic rings. The lowest BCUT2D eigenvalue weighted by atomic mass is 10.2. The van der Waals surface area contributed by atoms with Crippen LogP contribution >= 0.6 is 11.5 Å². The maximum absolute atomic E-state index is 11.9. The Labute approximate surface area is 123 Å². The Bertz CT molecular complexity index is 485. The predicted molar refractivity (Wildman–Crippen MR) is 79.2 cm³/mol. The fourth-order valence-electron chi connectivity index (χ4n) is 1.58. The number of rotatable bonds is 6. The number of nitrogens with zero attached hydrogens (tertiary/aromatic N) is 1. The zero-order valence-corrected chi connectivity index (χ0v) is 13.3. The molecule has 112 valence electrons. The minimum Gasteiger partial charge on any atom is -0.462 e. The average Bonchev–Trinajstić information content (AvgIpc) is 2.69. The van der Waals surface area contributed by atoms with Gasteiger partial charge in [-0.2, -0.15) is 4.37 Å². The molecular weight excluding hydrogens is 278 g/mol. The standard InChI is InChI=1S/C13H21N3O3S/c1-6-19-13(18)10-8(4)16-20-12(10)15-9(5)11(17)14-7(2)3/h7,9,15H,6H2,1-5H3,(H,14,17). The molecule has 0 bridgehead atoms. The van der Waals surface area contributed by atoms with Crippen molar-refractivity contribution in [2.24, 2.45) is 0 Å². The summed E-state index contributed by atoms with van der Waals surface area (Å²) in [5.41, 5.74) is 1.01. The summed E-state index contributed by atoms with van der Waals surface area (Å²) in [7, 11) is 0. The number of amides is 1. The number of aryl methyl sites for hydroxylation is 1.